The van der Waals surface area contributed by atoms with Gasteiger partial charge in [-0.05, 0) is 0 Å². The molecule has 1 heterocycles. The molecule has 0 aromatic rings. The van der Waals surface area contributed by atoms with Crippen LogP contribution in [0.5, 0.6) is 0 Å². The molecule has 1 aliphatic rings. The Morgan fingerprint density at radius 2 is 2.45 bits per heavy atom. The van der Waals surface area contributed by atoms with E-state index < -0.39 is 0 Å². The second kappa shape index (κ2) is 3.61. The largest absolute Gasteiger partial charge is 0.353 e. The molecule has 0 aromatic heterocycles. The average Bonchev–Trinajstić information content (AvgIpc) is 2.03. The van der Waals surface area contributed by atoms with Crippen molar-refractivity contribution in [3.05, 3.63) is 0 Å². The Kier molecular flexibility index (Phi) is 2.76. The summed E-state index contributed by atoms with van der Waals surface area (Å²) in [6.07, 6.45) is 0. The first-order valence-corrected chi connectivity index (χ1v) is 4.02. The van der Waals surface area contributed by atoms with E-state index >= 15 is 0 Å². The third kappa shape index (κ3) is 2.11. The molecule has 62 valence electrons. The van der Waals surface area contributed by atoms with Crippen LogP contribution >= 0.6 is 12.6 Å². The second-order valence-corrected chi connectivity index (χ2v) is 2.64. The van der Waals surface area contributed by atoms with Gasteiger partial charge in [-0.1, -0.05) is 0 Å². The van der Waals surface area contributed by atoms with Gasteiger partial charge in [0.2, 0.25) is 11.8 Å². The average molecular weight is 174 g/mol. The van der Waals surface area contributed by atoms with Crippen LogP contribution in [0.25, 0.3) is 0 Å². The lowest BCUT2D eigenvalue weighted by Crippen LogP contribution is -2.50. The lowest BCUT2D eigenvalue weighted by atomic mass is 10.3. The smallest absolute Gasteiger partial charge is 0.239 e. The van der Waals surface area contributed by atoms with E-state index in [9.17, 15) is 9.59 Å². The van der Waals surface area contributed by atoms with Gasteiger partial charge < -0.3 is 10.2 Å². The maximum Gasteiger partial charge on any atom is 0.239 e. The SMILES string of the molecule is O=C1CN(C(=O)CS)CCN1. The van der Waals surface area contributed by atoms with Crippen LogP contribution in [0, 0.1) is 0 Å². The summed E-state index contributed by atoms with van der Waals surface area (Å²) in [4.78, 5) is 23.3. The summed E-state index contributed by atoms with van der Waals surface area (Å²) < 4.78 is 0. The molecule has 0 bridgehead atoms. The fraction of sp³-hybridized carbons (Fsp3) is 0.667. The molecule has 0 radical (unpaired) electrons. The maximum atomic E-state index is 11.0. The van der Waals surface area contributed by atoms with Gasteiger partial charge in [0.25, 0.3) is 0 Å². The topological polar surface area (TPSA) is 49.4 Å². The molecule has 0 aromatic carbocycles. The Bertz CT molecular complexity index is 183. The summed E-state index contributed by atoms with van der Waals surface area (Å²) in [6, 6.07) is 0. The molecule has 0 aliphatic carbocycles. The zero-order valence-electron chi connectivity index (χ0n) is 6.04. The number of piperazine rings is 1. The molecule has 11 heavy (non-hydrogen) atoms. The van der Waals surface area contributed by atoms with Gasteiger partial charge in [0.1, 0.15) is 0 Å². The van der Waals surface area contributed by atoms with E-state index in [1.165, 1.54) is 4.90 Å². The van der Waals surface area contributed by atoms with Crippen LogP contribution in [0.2, 0.25) is 0 Å². The second-order valence-electron chi connectivity index (χ2n) is 2.32. The van der Waals surface area contributed by atoms with Crippen molar-refractivity contribution in [3.63, 3.8) is 0 Å². The van der Waals surface area contributed by atoms with Crippen molar-refractivity contribution in [1.29, 1.82) is 0 Å². The van der Waals surface area contributed by atoms with Crippen molar-refractivity contribution in [3.8, 4) is 0 Å². The Morgan fingerprint density at radius 1 is 1.73 bits per heavy atom. The van der Waals surface area contributed by atoms with Crippen molar-refractivity contribution in [2.24, 2.45) is 0 Å². The number of carbonyl (C=O) groups is 2. The molecule has 1 N–H and O–H groups in total. The normalized spacial score (nSPS) is 17.9. The van der Waals surface area contributed by atoms with Crippen LogP contribution < -0.4 is 5.32 Å². The first kappa shape index (κ1) is 8.39. The van der Waals surface area contributed by atoms with Crippen LogP contribution in [0.4, 0.5) is 0 Å². The summed E-state index contributed by atoms with van der Waals surface area (Å²) in [5.41, 5.74) is 0. The summed E-state index contributed by atoms with van der Waals surface area (Å²) in [5, 5.41) is 2.63. The van der Waals surface area contributed by atoms with Crippen molar-refractivity contribution in [2.75, 3.05) is 25.4 Å². The van der Waals surface area contributed by atoms with Crippen LogP contribution in [0.3, 0.4) is 0 Å². The Balaban J connectivity index is 2.45. The molecule has 0 spiro atoms. The van der Waals surface area contributed by atoms with Gasteiger partial charge in [-0.15, -0.1) is 0 Å². The van der Waals surface area contributed by atoms with E-state index in [1.807, 2.05) is 0 Å². The van der Waals surface area contributed by atoms with Crippen LogP contribution in [-0.2, 0) is 9.59 Å². The third-order valence-electron chi connectivity index (χ3n) is 1.53. The Labute approximate surface area is 70.3 Å². The van der Waals surface area contributed by atoms with Crippen LogP contribution in [0.1, 0.15) is 0 Å². The van der Waals surface area contributed by atoms with Crippen molar-refractivity contribution < 1.29 is 9.59 Å². The maximum absolute atomic E-state index is 11.0. The van der Waals surface area contributed by atoms with E-state index in [2.05, 4.69) is 17.9 Å². The molecule has 0 saturated carbocycles. The number of hydrogen-bond acceptors (Lipinski definition) is 3. The number of carbonyl (C=O) groups excluding carboxylic acids is 2. The number of nitrogens with one attached hydrogen (secondary N) is 1. The molecular formula is C6H10N2O2S. The predicted molar refractivity (Wildman–Crippen MR) is 43.4 cm³/mol. The summed E-state index contributed by atoms with van der Waals surface area (Å²) in [7, 11) is 0. The minimum absolute atomic E-state index is 0.0804. The lowest BCUT2D eigenvalue weighted by molar-refractivity contribution is -0.136. The molecule has 4 nitrogen and oxygen atoms in total. The van der Waals surface area contributed by atoms with Crippen molar-refractivity contribution >= 4 is 24.4 Å². The molecule has 0 unspecified atom stereocenters. The zero-order valence-corrected chi connectivity index (χ0v) is 6.93. The van der Waals surface area contributed by atoms with Gasteiger partial charge in [-0.25, -0.2) is 0 Å². The molecule has 1 rings (SSSR count). The van der Waals surface area contributed by atoms with Crippen molar-refractivity contribution in [1.82, 2.24) is 10.2 Å². The molecule has 5 heteroatoms. The zero-order chi connectivity index (χ0) is 8.27. The summed E-state index contributed by atoms with van der Waals surface area (Å²) >= 11 is 3.83. The van der Waals surface area contributed by atoms with Gasteiger partial charge in [-0.3, -0.25) is 9.59 Å². The number of thiol groups is 1. The van der Waals surface area contributed by atoms with Gasteiger partial charge in [0.05, 0.1) is 12.3 Å². The van der Waals surface area contributed by atoms with Crippen LogP contribution in [0.15, 0.2) is 0 Å². The molecule has 0 atom stereocenters. The van der Waals surface area contributed by atoms with E-state index in [0.717, 1.165) is 0 Å². The van der Waals surface area contributed by atoms with Gasteiger partial charge in [0, 0.05) is 13.1 Å². The quantitative estimate of drug-likeness (QED) is 0.494. The Morgan fingerprint density at radius 3 is 3.00 bits per heavy atom. The Hall–Kier alpha value is -0.710. The lowest BCUT2D eigenvalue weighted by Gasteiger charge is -2.25. The standard InChI is InChI=1S/C6H10N2O2S/c9-5-3-8(2-1-7-5)6(10)4-11/h11H,1-4H2,(H,7,9). The minimum Gasteiger partial charge on any atom is -0.353 e. The van der Waals surface area contributed by atoms with E-state index in [1.54, 1.807) is 0 Å². The van der Waals surface area contributed by atoms with Crippen LogP contribution in [-0.4, -0.2) is 42.1 Å². The fourth-order valence-corrected chi connectivity index (χ4v) is 1.15. The number of nitrogens with zero attached hydrogens (tertiary/aromatic N) is 1. The van der Waals surface area contributed by atoms with Gasteiger partial charge >= 0.3 is 0 Å². The molecule has 1 fully saturated rings. The highest BCUT2D eigenvalue weighted by Gasteiger charge is 2.19. The third-order valence-corrected chi connectivity index (χ3v) is 1.80. The monoisotopic (exact) mass is 174 g/mol. The highest BCUT2D eigenvalue weighted by Crippen LogP contribution is 1.95. The molecule has 1 saturated heterocycles. The molecule has 2 amide bonds. The number of hydrogen-bond donors (Lipinski definition) is 2. The van der Waals surface area contributed by atoms with Gasteiger partial charge in [0.15, 0.2) is 0 Å². The van der Waals surface area contributed by atoms with Crippen molar-refractivity contribution in [2.45, 2.75) is 0 Å². The van der Waals surface area contributed by atoms with Gasteiger partial charge in [-0.2, -0.15) is 12.6 Å². The predicted octanol–water partition coefficient (Wildman–Crippen LogP) is -1.13. The summed E-state index contributed by atoms with van der Waals surface area (Å²) in [6.45, 7) is 1.34. The summed E-state index contributed by atoms with van der Waals surface area (Å²) in [5.74, 6) is 0.00219. The minimum atomic E-state index is -0.0913. The number of rotatable bonds is 1. The number of amides is 2. The first-order chi connectivity index (χ1) is 5.24. The van der Waals surface area contributed by atoms with E-state index in [4.69, 9.17) is 0 Å². The first-order valence-electron chi connectivity index (χ1n) is 3.39. The van der Waals surface area contributed by atoms with E-state index in [-0.39, 0.29) is 24.1 Å². The highest BCUT2D eigenvalue weighted by atomic mass is 32.1. The highest BCUT2D eigenvalue weighted by molar-refractivity contribution is 7.81. The molecular weight excluding hydrogens is 164 g/mol. The molecule has 1 aliphatic heterocycles. The fourth-order valence-electron chi connectivity index (χ4n) is 0.951. The van der Waals surface area contributed by atoms with E-state index in [0.29, 0.717) is 13.1 Å².